The number of ether oxygens (including phenoxy) is 1. The van der Waals surface area contributed by atoms with Gasteiger partial charge in [-0.2, -0.15) is 0 Å². The van der Waals surface area contributed by atoms with E-state index >= 15 is 0 Å². The van der Waals surface area contributed by atoms with Crippen molar-refractivity contribution in [1.82, 2.24) is 9.62 Å². The van der Waals surface area contributed by atoms with Crippen molar-refractivity contribution in [2.75, 3.05) is 26.0 Å². The fourth-order valence-corrected chi connectivity index (χ4v) is 3.94. The molecule has 7 nitrogen and oxygen atoms in total. The van der Waals surface area contributed by atoms with Gasteiger partial charge in [0.2, 0.25) is 10.0 Å². The van der Waals surface area contributed by atoms with E-state index in [0.717, 1.165) is 15.2 Å². The molecule has 0 heterocycles. The summed E-state index contributed by atoms with van der Waals surface area (Å²) in [4.78, 5) is 12.9. The van der Waals surface area contributed by atoms with Gasteiger partial charge in [-0.05, 0) is 67.0 Å². The molecule has 0 spiro atoms. The van der Waals surface area contributed by atoms with Gasteiger partial charge in [0, 0.05) is 24.3 Å². The molecule has 0 aliphatic carbocycles. The van der Waals surface area contributed by atoms with Crippen LogP contribution in [-0.4, -0.2) is 44.4 Å². The minimum absolute atomic E-state index is 0.0846. The van der Waals surface area contributed by atoms with Crippen LogP contribution < -0.4 is 15.4 Å². The number of carbonyl (C=O) groups is 1. The van der Waals surface area contributed by atoms with Crippen LogP contribution in [0.15, 0.2) is 51.8 Å². The molecule has 0 radical (unpaired) electrons. The lowest BCUT2D eigenvalue weighted by molar-refractivity contribution is 0.0973. The summed E-state index contributed by atoms with van der Waals surface area (Å²) in [6, 6.07) is 11.3. The summed E-state index contributed by atoms with van der Waals surface area (Å²) < 4.78 is 32.0. The summed E-state index contributed by atoms with van der Waals surface area (Å²) in [5, 5.41) is 5.59. The summed E-state index contributed by atoms with van der Waals surface area (Å²) in [5.74, 6) is 0.552. The second-order valence-corrected chi connectivity index (χ2v) is 10.9. The maximum atomic E-state index is 12.8. The van der Waals surface area contributed by atoms with Crippen LogP contribution in [0.4, 0.5) is 5.69 Å². The van der Waals surface area contributed by atoms with Crippen LogP contribution >= 0.6 is 28.1 Å². The van der Waals surface area contributed by atoms with E-state index < -0.39 is 15.9 Å². The average Bonchev–Trinajstić information content (AvgIpc) is 2.69. The highest BCUT2D eigenvalue weighted by molar-refractivity contribution is 9.10. The lowest BCUT2D eigenvalue weighted by Crippen LogP contribution is -2.34. The Kier molecular flexibility index (Phi) is 8.99. The van der Waals surface area contributed by atoms with Gasteiger partial charge in [0.25, 0.3) is 5.91 Å². The highest BCUT2D eigenvalue weighted by Crippen LogP contribution is 2.24. The Balaban J connectivity index is 2.06. The molecular weight excluding hydrogens is 502 g/mol. The number of nitrogens with one attached hydrogen (secondary N) is 2. The molecule has 2 aromatic rings. The third-order valence-corrected chi connectivity index (χ3v) is 6.78. The number of hydrogen-bond donors (Lipinski definition) is 2. The van der Waals surface area contributed by atoms with Crippen molar-refractivity contribution in [3.8, 4) is 5.75 Å². The molecule has 2 N–H and O–H groups in total. The molecule has 0 unspecified atom stereocenters. The maximum Gasteiger partial charge on any atom is 0.261 e. The van der Waals surface area contributed by atoms with Gasteiger partial charge in [-0.25, -0.2) is 12.7 Å². The number of benzene rings is 2. The van der Waals surface area contributed by atoms with Crippen LogP contribution in [0.2, 0.25) is 0 Å². The molecule has 0 atom stereocenters. The van der Waals surface area contributed by atoms with E-state index in [1.54, 1.807) is 30.3 Å². The van der Waals surface area contributed by atoms with Gasteiger partial charge in [-0.3, -0.25) is 10.1 Å². The Bertz CT molecular complexity index is 1040. The quantitative estimate of drug-likeness (QED) is 0.499. The second-order valence-electron chi connectivity index (χ2n) is 7.39. The number of hydrogen-bond acceptors (Lipinski definition) is 5. The van der Waals surface area contributed by atoms with Crippen LogP contribution in [0.3, 0.4) is 0 Å². The van der Waals surface area contributed by atoms with Gasteiger partial charge < -0.3 is 10.1 Å². The Labute approximate surface area is 197 Å². The smallest absolute Gasteiger partial charge is 0.261 e. The zero-order valence-corrected chi connectivity index (χ0v) is 21.0. The summed E-state index contributed by atoms with van der Waals surface area (Å²) in [7, 11) is -0.580. The van der Waals surface area contributed by atoms with Crippen LogP contribution in [0.1, 0.15) is 30.6 Å². The van der Waals surface area contributed by atoms with Crippen LogP contribution in [-0.2, 0) is 10.0 Å². The number of amides is 1. The van der Waals surface area contributed by atoms with E-state index in [9.17, 15) is 13.2 Å². The van der Waals surface area contributed by atoms with Gasteiger partial charge in [-0.15, -0.1) is 0 Å². The minimum atomic E-state index is -3.51. The monoisotopic (exact) mass is 527 g/mol. The molecule has 0 bridgehead atoms. The first kappa shape index (κ1) is 25.3. The second kappa shape index (κ2) is 11.0. The van der Waals surface area contributed by atoms with E-state index in [-0.39, 0.29) is 10.0 Å². The van der Waals surface area contributed by atoms with E-state index in [1.165, 1.54) is 26.2 Å². The standard InChI is InChI=1S/C21H26BrN3O4S2/c1-14(2)11-12-29-19-10-5-15(22)13-18(19)20(26)24-21(30)23-16-6-8-17(9-7-16)31(27,28)25(3)4/h5-10,13-14H,11-12H2,1-4H3,(H2,23,24,26,30). The lowest BCUT2D eigenvalue weighted by Gasteiger charge is -2.15. The predicted octanol–water partition coefficient (Wildman–Crippen LogP) is 4.25. The number of rotatable bonds is 8. The van der Waals surface area contributed by atoms with Crippen molar-refractivity contribution < 1.29 is 17.9 Å². The third-order valence-electron chi connectivity index (χ3n) is 4.26. The van der Waals surface area contributed by atoms with E-state index in [0.29, 0.717) is 29.5 Å². The molecule has 0 fully saturated rings. The summed E-state index contributed by atoms with van der Waals surface area (Å²) in [6.07, 6.45) is 0.872. The average molecular weight is 528 g/mol. The zero-order chi connectivity index (χ0) is 23.2. The van der Waals surface area contributed by atoms with Gasteiger partial charge >= 0.3 is 0 Å². The normalized spacial score (nSPS) is 11.5. The first-order valence-corrected chi connectivity index (χ1v) is 12.2. The predicted molar refractivity (Wildman–Crippen MR) is 130 cm³/mol. The number of sulfonamides is 1. The van der Waals surface area contributed by atoms with Crippen molar-refractivity contribution in [3.05, 3.63) is 52.5 Å². The molecule has 168 valence electrons. The van der Waals surface area contributed by atoms with Gasteiger partial charge in [-0.1, -0.05) is 29.8 Å². The molecule has 2 aromatic carbocycles. The van der Waals surface area contributed by atoms with Gasteiger partial charge in [0.05, 0.1) is 17.1 Å². The Hall–Kier alpha value is -2.01. The van der Waals surface area contributed by atoms with Gasteiger partial charge in [0.15, 0.2) is 5.11 Å². The number of halogens is 1. The summed E-state index contributed by atoms with van der Waals surface area (Å²) in [6.45, 7) is 4.71. The highest BCUT2D eigenvalue weighted by atomic mass is 79.9. The van der Waals surface area contributed by atoms with Crippen molar-refractivity contribution in [2.45, 2.75) is 25.2 Å². The SMILES string of the molecule is CC(C)CCOc1ccc(Br)cc1C(=O)NC(=S)Nc1ccc(S(=O)(=O)N(C)C)cc1. The Morgan fingerprint density at radius 2 is 1.81 bits per heavy atom. The molecule has 31 heavy (non-hydrogen) atoms. The Morgan fingerprint density at radius 1 is 1.16 bits per heavy atom. The van der Waals surface area contributed by atoms with Crippen LogP contribution in [0.5, 0.6) is 5.75 Å². The van der Waals surface area contributed by atoms with Crippen LogP contribution in [0, 0.1) is 5.92 Å². The summed E-state index contributed by atoms with van der Waals surface area (Å²) in [5.41, 5.74) is 0.903. The van der Waals surface area contributed by atoms with E-state index in [1.807, 2.05) is 0 Å². The molecular formula is C21H26BrN3O4S2. The molecule has 2 rings (SSSR count). The topological polar surface area (TPSA) is 87.7 Å². The molecule has 0 aliphatic heterocycles. The number of nitrogens with zero attached hydrogens (tertiary/aromatic N) is 1. The molecule has 0 aliphatic rings. The van der Waals surface area contributed by atoms with Crippen LogP contribution in [0.25, 0.3) is 0 Å². The fraction of sp³-hybridized carbons (Fsp3) is 0.333. The lowest BCUT2D eigenvalue weighted by atomic mass is 10.1. The third kappa shape index (κ3) is 7.27. The van der Waals surface area contributed by atoms with E-state index in [2.05, 4.69) is 40.4 Å². The molecule has 0 saturated heterocycles. The number of carbonyl (C=O) groups excluding carboxylic acids is 1. The Morgan fingerprint density at radius 3 is 2.39 bits per heavy atom. The highest BCUT2D eigenvalue weighted by Gasteiger charge is 2.18. The van der Waals surface area contributed by atoms with Crippen molar-refractivity contribution in [2.24, 2.45) is 5.92 Å². The van der Waals surface area contributed by atoms with Crippen molar-refractivity contribution >= 4 is 54.9 Å². The first-order valence-electron chi connectivity index (χ1n) is 9.58. The molecule has 1 amide bonds. The molecule has 10 heteroatoms. The molecule has 0 aromatic heterocycles. The summed E-state index contributed by atoms with van der Waals surface area (Å²) >= 11 is 8.61. The maximum absolute atomic E-state index is 12.8. The number of anilines is 1. The van der Waals surface area contributed by atoms with Crippen molar-refractivity contribution in [3.63, 3.8) is 0 Å². The van der Waals surface area contributed by atoms with Gasteiger partial charge in [0.1, 0.15) is 5.75 Å². The minimum Gasteiger partial charge on any atom is -0.493 e. The van der Waals surface area contributed by atoms with E-state index in [4.69, 9.17) is 17.0 Å². The zero-order valence-electron chi connectivity index (χ0n) is 17.8. The fourth-order valence-electron chi connectivity index (χ4n) is 2.46. The molecule has 0 saturated carbocycles. The largest absolute Gasteiger partial charge is 0.493 e. The first-order chi connectivity index (χ1) is 14.5. The number of thiocarbonyl (C=S) groups is 1. The van der Waals surface area contributed by atoms with Crippen molar-refractivity contribution in [1.29, 1.82) is 0 Å².